The van der Waals surface area contributed by atoms with Crippen molar-refractivity contribution in [3.63, 3.8) is 0 Å². The first kappa shape index (κ1) is 13.1. The summed E-state index contributed by atoms with van der Waals surface area (Å²) in [6.45, 7) is 1.84. The number of hydrogen-bond acceptors (Lipinski definition) is 3. The fraction of sp³-hybridized carbons (Fsp3) is 0.0625. The Bertz CT molecular complexity index is 865. The number of aromatic nitrogens is 1. The number of non-ortho nitro benzene ring substituents is 1. The number of nitrogens with zero attached hydrogens (tertiary/aromatic N) is 1. The van der Waals surface area contributed by atoms with E-state index >= 15 is 0 Å². The van der Waals surface area contributed by atoms with Gasteiger partial charge in [0.2, 0.25) is 0 Å². The number of benzene rings is 2. The zero-order valence-corrected chi connectivity index (χ0v) is 11.3. The lowest BCUT2D eigenvalue weighted by atomic mass is 9.98. The summed E-state index contributed by atoms with van der Waals surface area (Å²) in [4.78, 5) is 26.3. The number of nitro benzene ring substituents is 1. The van der Waals surface area contributed by atoms with Crippen LogP contribution in [0.25, 0.3) is 10.9 Å². The minimum atomic E-state index is -0.467. The topological polar surface area (TPSA) is 76.0 Å². The van der Waals surface area contributed by atoms with Crippen molar-refractivity contribution in [2.75, 3.05) is 0 Å². The van der Waals surface area contributed by atoms with Crippen molar-refractivity contribution >= 4 is 22.4 Å². The first-order valence-corrected chi connectivity index (χ1v) is 6.44. The normalized spacial score (nSPS) is 10.7. The monoisotopic (exact) mass is 280 g/mol. The molecule has 0 spiro atoms. The maximum absolute atomic E-state index is 12.7. The fourth-order valence-electron chi connectivity index (χ4n) is 2.47. The van der Waals surface area contributed by atoms with Crippen molar-refractivity contribution in [2.24, 2.45) is 0 Å². The molecule has 0 unspecified atom stereocenters. The highest BCUT2D eigenvalue weighted by Crippen LogP contribution is 2.30. The Balaban J connectivity index is 2.24. The maximum Gasteiger partial charge on any atom is 0.279 e. The van der Waals surface area contributed by atoms with E-state index < -0.39 is 4.92 Å². The lowest BCUT2D eigenvalue weighted by Crippen LogP contribution is -2.03. The summed E-state index contributed by atoms with van der Waals surface area (Å²) in [7, 11) is 0. The number of nitrogens with one attached hydrogen (secondary N) is 1. The minimum Gasteiger partial charge on any atom is -0.360 e. The average Bonchev–Trinajstić information content (AvgIpc) is 2.90. The van der Waals surface area contributed by atoms with Gasteiger partial charge in [0.05, 0.1) is 21.4 Å². The molecular formula is C16H12N2O3. The standard InChI is InChI=1S/C16H12N2O3/c1-10-5-2-3-6-11(10)16(19)12-9-17-13-7-4-8-14(15(12)13)18(20)21/h2-9,17H,1H3. The lowest BCUT2D eigenvalue weighted by Gasteiger charge is -2.03. The number of aromatic amines is 1. The molecule has 3 aromatic rings. The van der Waals surface area contributed by atoms with Gasteiger partial charge in [0.15, 0.2) is 5.78 Å². The molecule has 21 heavy (non-hydrogen) atoms. The Morgan fingerprint density at radius 3 is 2.57 bits per heavy atom. The summed E-state index contributed by atoms with van der Waals surface area (Å²) in [5, 5.41) is 11.5. The van der Waals surface area contributed by atoms with Gasteiger partial charge in [-0.2, -0.15) is 0 Å². The van der Waals surface area contributed by atoms with E-state index in [-0.39, 0.29) is 11.5 Å². The number of rotatable bonds is 3. The number of hydrogen-bond donors (Lipinski definition) is 1. The predicted molar refractivity (Wildman–Crippen MR) is 79.6 cm³/mol. The highest BCUT2D eigenvalue weighted by Gasteiger charge is 2.22. The maximum atomic E-state index is 12.7. The molecule has 0 aliphatic rings. The summed E-state index contributed by atoms with van der Waals surface area (Å²) in [5.41, 5.74) is 2.24. The van der Waals surface area contributed by atoms with Gasteiger partial charge in [-0.05, 0) is 18.6 Å². The molecule has 0 amide bonds. The minimum absolute atomic E-state index is 0.0642. The van der Waals surface area contributed by atoms with Crippen LogP contribution in [0.1, 0.15) is 21.5 Å². The van der Waals surface area contributed by atoms with Crippen molar-refractivity contribution in [1.29, 1.82) is 0 Å². The van der Waals surface area contributed by atoms with E-state index in [0.29, 0.717) is 22.0 Å². The molecule has 5 heteroatoms. The molecule has 0 aliphatic carbocycles. The Morgan fingerprint density at radius 2 is 1.86 bits per heavy atom. The first-order valence-electron chi connectivity index (χ1n) is 6.44. The number of nitro groups is 1. The smallest absolute Gasteiger partial charge is 0.279 e. The van der Waals surface area contributed by atoms with Gasteiger partial charge in [-0.1, -0.05) is 30.3 Å². The average molecular weight is 280 g/mol. The SMILES string of the molecule is Cc1ccccc1C(=O)c1c[nH]c2cccc([N+](=O)[O-])c12. The Hall–Kier alpha value is -2.95. The molecule has 0 radical (unpaired) electrons. The third-order valence-corrected chi connectivity index (χ3v) is 3.51. The van der Waals surface area contributed by atoms with E-state index in [1.165, 1.54) is 12.3 Å². The third-order valence-electron chi connectivity index (χ3n) is 3.51. The second-order valence-corrected chi connectivity index (χ2v) is 4.80. The third kappa shape index (κ3) is 2.08. The second kappa shape index (κ2) is 4.86. The Labute approximate surface area is 120 Å². The van der Waals surface area contributed by atoms with Crippen LogP contribution in [0.4, 0.5) is 5.69 Å². The fourth-order valence-corrected chi connectivity index (χ4v) is 2.47. The highest BCUT2D eigenvalue weighted by molar-refractivity contribution is 6.18. The van der Waals surface area contributed by atoms with Crippen LogP contribution in [-0.2, 0) is 0 Å². The van der Waals surface area contributed by atoms with Gasteiger partial charge in [0, 0.05) is 17.8 Å². The van der Waals surface area contributed by atoms with E-state index in [0.717, 1.165) is 5.56 Å². The number of aryl methyl sites for hydroxylation is 1. The van der Waals surface area contributed by atoms with Crippen molar-refractivity contribution in [2.45, 2.75) is 6.92 Å². The van der Waals surface area contributed by atoms with Gasteiger partial charge in [0.25, 0.3) is 5.69 Å². The van der Waals surface area contributed by atoms with Crippen molar-refractivity contribution < 1.29 is 9.72 Å². The molecule has 3 rings (SSSR count). The van der Waals surface area contributed by atoms with E-state index in [2.05, 4.69) is 4.98 Å². The van der Waals surface area contributed by atoms with Crippen molar-refractivity contribution in [3.05, 3.63) is 75.5 Å². The first-order chi connectivity index (χ1) is 10.1. The molecule has 0 fully saturated rings. The van der Waals surface area contributed by atoms with Crippen LogP contribution in [0.2, 0.25) is 0 Å². The quantitative estimate of drug-likeness (QED) is 0.452. The molecule has 0 atom stereocenters. The van der Waals surface area contributed by atoms with Crippen molar-refractivity contribution in [3.8, 4) is 0 Å². The van der Waals surface area contributed by atoms with Gasteiger partial charge in [-0.3, -0.25) is 14.9 Å². The molecular weight excluding hydrogens is 268 g/mol. The number of ketones is 1. The van der Waals surface area contributed by atoms with E-state index in [1.807, 2.05) is 19.1 Å². The molecule has 0 saturated heterocycles. The number of carbonyl (C=O) groups is 1. The number of carbonyl (C=O) groups excluding carboxylic acids is 1. The van der Waals surface area contributed by atoms with Gasteiger partial charge in [0.1, 0.15) is 0 Å². The predicted octanol–water partition coefficient (Wildman–Crippen LogP) is 3.62. The van der Waals surface area contributed by atoms with E-state index in [4.69, 9.17) is 0 Å². The van der Waals surface area contributed by atoms with Gasteiger partial charge in [-0.25, -0.2) is 0 Å². The van der Waals surface area contributed by atoms with Crippen LogP contribution >= 0.6 is 0 Å². The highest BCUT2D eigenvalue weighted by atomic mass is 16.6. The Kier molecular flexibility index (Phi) is 3.02. The molecule has 1 N–H and O–H groups in total. The summed E-state index contributed by atoms with van der Waals surface area (Å²) in [5.74, 6) is -0.214. The summed E-state index contributed by atoms with van der Waals surface area (Å²) >= 11 is 0. The molecule has 2 aromatic carbocycles. The molecule has 0 saturated carbocycles. The second-order valence-electron chi connectivity index (χ2n) is 4.80. The molecule has 1 heterocycles. The Morgan fingerprint density at radius 1 is 1.10 bits per heavy atom. The summed E-state index contributed by atoms with van der Waals surface area (Å²) < 4.78 is 0. The van der Waals surface area contributed by atoms with Crippen LogP contribution in [0.3, 0.4) is 0 Å². The largest absolute Gasteiger partial charge is 0.360 e. The van der Waals surface area contributed by atoms with E-state index in [9.17, 15) is 14.9 Å². The van der Waals surface area contributed by atoms with Gasteiger partial charge >= 0.3 is 0 Å². The van der Waals surface area contributed by atoms with Gasteiger partial charge in [-0.15, -0.1) is 0 Å². The molecule has 0 aliphatic heterocycles. The van der Waals surface area contributed by atoms with Gasteiger partial charge < -0.3 is 4.98 Å². The number of H-pyrrole nitrogens is 1. The molecule has 5 nitrogen and oxygen atoms in total. The van der Waals surface area contributed by atoms with Crippen LogP contribution in [0.5, 0.6) is 0 Å². The zero-order valence-electron chi connectivity index (χ0n) is 11.3. The van der Waals surface area contributed by atoms with E-state index in [1.54, 1.807) is 24.3 Å². The molecule has 104 valence electrons. The van der Waals surface area contributed by atoms with Crippen LogP contribution in [0.15, 0.2) is 48.7 Å². The van der Waals surface area contributed by atoms with Crippen LogP contribution in [0, 0.1) is 17.0 Å². The lowest BCUT2D eigenvalue weighted by molar-refractivity contribution is -0.383. The molecule has 1 aromatic heterocycles. The summed E-state index contributed by atoms with van der Waals surface area (Å²) in [6, 6.07) is 11.9. The summed E-state index contributed by atoms with van der Waals surface area (Å²) in [6.07, 6.45) is 1.53. The zero-order chi connectivity index (χ0) is 15.0. The number of fused-ring (bicyclic) bond motifs is 1. The van der Waals surface area contributed by atoms with Crippen LogP contribution in [-0.4, -0.2) is 15.7 Å². The van der Waals surface area contributed by atoms with Crippen LogP contribution < -0.4 is 0 Å². The van der Waals surface area contributed by atoms with Crippen molar-refractivity contribution in [1.82, 2.24) is 4.98 Å². The molecule has 0 bridgehead atoms.